The summed E-state index contributed by atoms with van der Waals surface area (Å²) in [5, 5.41) is 3.06. The monoisotopic (exact) mass is 233 g/mol. The summed E-state index contributed by atoms with van der Waals surface area (Å²) in [5.74, 6) is 0.127. The molecule has 0 aromatic heterocycles. The Hall–Kier alpha value is -1.31. The van der Waals surface area contributed by atoms with E-state index in [1.165, 1.54) is 0 Å². The van der Waals surface area contributed by atoms with Gasteiger partial charge in [0, 0.05) is 5.92 Å². The number of carbonyl (C=O) groups is 1. The maximum atomic E-state index is 12.1. The third-order valence-corrected chi connectivity index (χ3v) is 3.35. The highest BCUT2D eigenvalue weighted by molar-refractivity contribution is 5.79. The SMILES string of the molecule is CC(NC(=O)C(C)C(C)(C)C)c1ccccc1. The number of rotatable bonds is 3. The number of hydrogen-bond donors (Lipinski definition) is 1. The second-order valence-corrected chi connectivity index (χ2v) is 5.73. The number of hydrogen-bond acceptors (Lipinski definition) is 1. The van der Waals surface area contributed by atoms with Crippen LogP contribution in [-0.2, 0) is 4.79 Å². The van der Waals surface area contributed by atoms with Gasteiger partial charge >= 0.3 is 0 Å². The van der Waals surface area contributed by atoms with E-state index in [1.54, 1.807) is 0 Å². The summed E-state index contributed by atoms with van der Waals surface area (Å²) in [6, 6.07) is 10.1. The van der Waals surface area contributed by atoms with E-state index in [4.69, 9.17) is 0 Å². The molecule has 1 N–H and O–H groups in total. The molecular formula is C15H23NO. The van der Waals surface area contributed by atoms with Crippen molar-refractivity contribution in [1.29, 1.82) is 0 Å². The van der Waals surface area contributed by atoms with Crippen molar-refractivity contribution in [3.05, 3.63) is 35.9 Å². The Morgan fingerprint density at radius 1 is 1.12 bits per heavy atom. The molecule has 0 bridgehead atoms. The zero-order chi connectivity index (χ0) is 13.1. The highest BCUT2D eigenvalue weighted by atomic mass is 16.1. The Kier molecular flexibility index (Phi) is 4.33. The summed E-state index contributed by atoms with van der Waals surface area (Å²) in [6.07, 6.45) is 0. The normalized spacial score (nSPS) is 15.1. The minimum Gasteiger partial charge on any atom is -0.349 e. The summed E-state index contributed by atoms with van der Waals surface area (Å²) in [6.45, 7) is 10.3. The van der Waals surface area contributed by atoms with Gasteiger partial charge in [0.25, 0.3) is 0 Å². The average molecular weight is 233 g/mol. The molecule has 0 heterocycles. The van der Waals surface area contributed by atoms with Crippen LogP contribution in [0.2, 0.25) is 0 Å². The van der Waals surface area contributed by atoms with Crippen LogP contribution < -0.4 is 5.32 Å². The molecule has 0 aliphatic carbocycles. The number of carbonyl (C=O) groups excluding carboxylic acids is 1. The second-order valence-electron chi connectivity index (χ2n) is 5.73. The summed E-state index contributed by atoms with van der Waals surface area (Å²) in [7, 11) is 0. The van der Waals surface area contributed by atoms with Crippen molar-refractivity contribution >= 4 is 5.91 Å². The van der Waals surface area contributed by atoms with Crippen molar-refractivity contribution in [1.82, 2.24) is 5.32 Å². The number of amides is 1. The molecule has 1 aromatic rings. The summed E-state index contributed by atoms with van der Waals surface area (Å²) in [4.78, 5) is 12.1. The van der Waals surface area contributed by atoms with Crippen molar-refractivity contribution < 1.29 is 4.79 Å². The highest BCUT2D eigenvalue weighted by Gasteiger charge is 2.27. The van der Waals surface area contributed by atoms with Crippen molar-refractivity contribution in [3.63, 3.8) is 0 Å². The number of benzene rings is 1. The molecule has 0 saturated carbocycles. The lowest BCUT2D eigenvalue weighted by Crippen LogP contribution is -2.37. The van der Waals surface area contributed by atoms with Gasteiger partial charge in [0.1, 0.15) is 0 Å². The fourth-order valence-corrected chi connectivity index (χ4v) is 1.56. The van der Waals surface area contributed by atoms with Gasteiger partial charge < -0.3 is 5.32 Å². The zero-order valence-electron chi connectivity index (χ0n) is 11.4. The van der Waals surface area contributed by atoms with Gasteiger partial charge in [0.2, 0.25) is 5.91 Å². The van der Waals surface area contributed by atoms with Crippen molar-refractivity contribution in [2.45, 2.75) is 40.7 Å². The van der Waals surface area contributed by atoms with E-state index >= 15 is 0 Å². The highest BCUT2D eigenvalue weighted by Crippen LogP contribution is 2.26. The molecule has 2 atom stereocenters. The molecule has 0 spiro atoms. The van der Waals surface area contributed by atoms with E-state index in [2.05, 4.69) is 26.1 Å². The Morgan fingerprint density at radius 2 is 1.65 bits per heavy atom. The molecule has 0 radical (unpaired) electrons. The van der Waals surface area contributed by atoms with Crippen molar-refractivity contribution in [2.75, 3.05) is 0 Å². The van der Waals surface area contributed by atoms with E-state index in [1.807, 2.05) is 44.2 Å². The topological polar surface area (TPSA) is 29.1 Å². The molecule has 2 nitrogen and oxygen atoms in total. The Labute approximate surface area is 104 Å². The van der Waals surface area contributed by atoms with Crippen LogP contribution in [-0.4, -0.2) is 5.91 Å². The molecule has 2 unspecified atom stereocenters. The van der Waals surface area contributed by atoms with Crippen LogP contribution >= 0.6 is 0 Å². The third-order valence-electron chi connectivity index (χ3n) is 3.35. The summed E-state index contributed by atoms with van der Waals surface area (Å²) >= 11 is 0. The standard InChI is InChI=1S/C15H23NO/c1-11(15(3,4)5)14(17)16-12(2)13-9-7-6-8-10-13/h6-12H,1-5H3,(H,16,17). The summed E-state index contributed by atoms with van der Waals surface area (Å²) < 4.78 is 0. The van der Waals surface area contributed by atoms with E-state index < -0.39 is 0 Å². The maximum absolute atomic E-state index is 12.1. The van der Waals surface area contributed by atoms with Crippen molar-refractivity contribution in [2.24, 2.45) is 11.3 Å². The maximum Gasteiger partial charge on any atom is 0.223 e. The minimum atomic E-state index is 0.000487. The first kappa shape index (κ1) is 13.8. The molecule has 1 rings (SSSR count). The van der Waals surface area contributed by atoms with Gasteiger partial charge in [0.15, 0.2) is 0 Å². The molecule has 0 saturated heterocycles. The predicted octanol–water partition coefficient (Wildman–Crippen LogP) is 3.55. The fraction of sp³-hybridized carbons (Fsp3) is 0.533. The predicted molar refractivity (Wildman–Crippen MR) is 71.6 cm³/mol. The van der Waals surface area contributed by atoms with E-state index in [-0.39, 0.29) is 23.3 Å². The van der Waals surface area contributed by atoms with Gasteiger partial charge in [-0.15, -0.1) is 0 Å². The molecule has 0 fully saturated rings. The van der Waals surface area contributed by atoms with Gasteiger partial charge in [-0.05, 0) is 17.9 Å². The van der Waals surface area contributed by atoms with Crippen LogP contribution in [0.25, 0.3) is 0 Å². The first-order chi connectivity index (χ1) is 7.82. The average Bonchev–Trinajstić information content (AvgIpc) is 2.27. The van der Waals surface area contributed by atoms with Crippen LogP contribution in [0.5, 0.6) is 0 Å². The molecular weight excluding hydrogens is 210 g/mol. The quantitative estimate of drug-likeness (QED) is 0.850. The molecule has 0 aliphatic rings. The molecule has 1 aromatic carbocycles. The Morgan fingerprint density at radius 3 is 2.12 bits per heavy atom. The van der Waals surface area contributed by atoms with E-state index in [9.17, 15) is 4.79 Å². The van der Waals surface area contributed by atoms with Gasteiger partial charge in [-0.25, -0.2) is 0 Å². The molecule has 94 valence electrons. The zero-order valence-corrected chi connectivity index (χ0v) is 11.4. The first-order valence-electron chi connectivity index (χ1n) is 6.17. The third kappa shape index (κ3) is 3.88. The molecule has 0 aliphatic heterocycles. The smallest absolute Gasteiger partial charge is 0.223 e. The molecule has 17 heavy (non-hydrogen) atoms. The largest absolute Gasteiger partial charge is 0.349 e. The lowest BCUT2D eigenvalue weighted by molar-refractivity contribution is -0.128. The van der Waals surface area contributed by atoms with Crippen LogP contribution in [0.15, 0.2) is 30.3 Å². The Balaban J connectivity index is 2.64. The van der Waals surface area contributed by atoms with Gasteiger partial charge in [-0.1, -0.05) is 58.0 Å². The number of nitrogens with one attached hydrogen (secondary N) is 1. The van der Waals surface area contributed by atoms with Gasteiger partial charge in [-0.2, -0.15) is 0 Å². The molecule has 2 heteroatoms. The fourth-order valence-electron chi connectivity index (χ4n) is 1.56. The Bertz CT molecular complexity index is 364. The lowest BCUT2D eigenvalue weighted by Gasteiger charge is -2.27. The van der Waals surface area contributed by atoms with Gasteiger partial charge in [-0.3, -0.25) is 4.79 Å². The minimum absolute atomic E-state index is 0.000487. The molecule has 1 amide bonds. The van der Waals surface area contributed by atoms with Crippen molar-refractivity contribution in [3.8, 4) is 0 Å². The van der Waals surface area contributed by atoms with E-state index in [0.717, 1.165) is 5.56 Å². The summed E-state index contributed by atoms with van der Waals surface area (Å²) in [5.41, 5.74) is 1.14. The van der Waals surface area contributed by atoms with Crippen LogP contribution in [0.4, 0.5) is 0 Å². The van der Waals surface area contributed by atoms with Crippen LogP contribution in [0, 0.1) is 11.3 Å². The lowest BCUT2D eigenvalue weighted by atomic mass is 9.81. The van der Waals surface area contributed by atoms with E-state index in [0.29, 0.717) is 0 Å². The second kappa shape index (κ2) is 5.35. The van der Waals surface area contributed by atoms with Crippen LogP contribution in [0.1, 0.15) is 46.2 Å². The first-order valence-corrected chi connectivity index (χ1v) is 6.17. The van der Waals surface area contributed by atoms with Gasteiger partial charge in [0.05, 0.1) is 6.04 Å². The van der Waals surface area contributed by atoms with Crippen LogP contribution in [0.3, 0.4) is 0 Å².